The second kappa shape index (κ2) is 10.6. The first kappa shape index (κ1) is 24.2. The van der Waals surface area contributed by atoms with Crippen molar-refractivity contribution in [2.75, 3.05) is 26.0 Å². The van der Waals surface area contributed by atoms with E-state index in [4.69, 9.17) is 32.0 Å². The Labute approximate surface area is 210 Å². The number of carbonyl (C=O) groups excluding carboxylic acids is 1. The number of thiophene rings is 1. The zero-order valence-corrected chi connectivity index (χ0v) is 21.1. The van der Waals surface area contributed by atoms with E-state index in [0.717, 1.165) is 43.8 Å². The van der Waals surface area contributed by atoms with E-state index in [0.29, 0.717) is 18.8 Å². The van der Waals surface area contributed by atoms with Crippen molar-refractivity contribution in [3.8, 4) is 27.6 Å². The van der Waals surface area contributed by atoms with Gasteiger partial charge >= 0.3 is 0 Å². The number of rotatable bonds is 8. The monoisotopic (exact) mass is 514 g/mol. The molecule has 1 fully saturated rings. The van der Waals surface area contributed by atoms with E-state index in [1.807, 2.05) is 42.0 Å². The lowest BCUT2D eigenvalue weighted by Crippen LogP contribution is -2.45. The van der Waals surface area contributed by atoms with Crippen LogP contribution >= 0.6 is 34.4 Å². The van der Waals surface area contributed by atoms with Crippen LogP contribution in [0.2, 0.25) is 0 Å². The van der Waals surface area contributed by atoms with Gasteiger partial charge in [0, 0.05) is 35.5 Å². The molecule has 11 heteroatoms. The molecule has 1 atom stereocenters. The average molecular weight is 515 g/mol. The highest BCUT2D eigenvalue weighted by atomic mass is 32.2. The van der Waals surface area contributed by atoms with Crippen LogP contribution in [0.5, 0.6) is 5.75 Å². The molecule has 0 spiro atoms. The molecule has 0 bridgehead atoms. The maximum Gasteiger partial charge on any atom is 0.260 e. The van der Waals surface area contributed by atoms with Gasteiger partial charge in [-0.25, -0.2) is 4.98 Å². The lowest BCUT2D eigenvalue weighted by molar-refractivity contribution is -0.134. The predicted molar refractivity (Wildman–Crippen MR) is 140 cm³/mol. The zero-order valence-electron chi connectivity index (χ0n) is 18.7. The van der Waals surface area contributed by atoms with Crippen molar-refractivity contribution in [3.63, 3.8) is 0 Å². The molecule has 34 heavy (non-hydrogen) atoms. The van der Waals surface area contributed by atoms with Crippen LogP contribution in [0.4, 0.5) is 0 Å². The van der Waals surface area contributed by atoms with Crippen LogP contribution in [0, 0.1) is 16.7 Å². The largest absolute Gasteiger partial charge is 0.484 e. The number of carbonyl (C=O) groups is 1. The fraction of sp³-hybridized carbons (Fsp3) is 0.304. The van der Waals surface area contributed by atoms with Crippen molar-refractivity contribution >= 4 is 52.0 Å². The van der Waals surface area contributed by atoms with E-state index in [2.05, 4.69) is 0 Å². The molecule has 178 valence electrons. The number of nitrogens with two attached hydrogens (primary N) is 2. The van der Waals surface area contributed by atoms with E-state index >= 15 is 0 Å². The van der Waals surface area contributed by atoms with Gasteiger partial charge in [0.25, 0.3) is 5.91 Å². The Bertz CT molecular complexity index is 1220. The summed E-state index contributed by atoms with van der Waals surface area (Å²) in [5.74, 6) is 0.624. The van der Waals surface area contributed by atoms with E-state index < -0.39 is 0 Å². The summed E-state index contributed by atoms with van der Waals surface area (Å²) in [5.41, 5.74) is 14.0. The van der Waals surface area contributed by atoms with Crippen molar-refractivity contribution in [3.05, 3.63) is 40.6 Å². The molecular weight excluding hydrogens is 488 g/mol. The minimum atomic E-state index is -0.101. The zero-order chi connectivity index (χ0) is 24.2. The number of thiazole rings is 1. The molecule has 8 nitrogen and oxygen atoms in total. The SMILES string of the molecule is CSc1sc(C(=N)N)cc1-c1nc(-c2cccc(OCC(=O)N3CCCC(C(=N)N)C3)c2)cs1. The van der Waals surface area contributed by atoms with E-state index in [-0.39, 0.29) is 30.1 Å². The molecule has 1 aromatic carbocycles. The molecule has 1 amide bonds. The first-order valence-electron chi connectivity index (χ1n) is 10.7. The van der Waals surface area contributed by atoms with Gasteiger partial charge in [0.05, 0.1) is 20.6 Å². The summed E-state index contributed by atoms with van der Waals surface area (Å²) in [6.07, 6.45) is 3.69. The normalized spacial score (nSPS) is 15.8. The van der Waals surface area contributed by atoms with Gasteiger partial charge in [-0.1, -0.05) is 12.1 Å². The highest BCUT2D eigenvalue weighted by molar-refractivity contribution is 8.00. The van der Waals surface area contributed by atoms with Crippen LogP contribution in [0.15, 0.2) is 39.9 Å². The lowest BCUT2D eigenvalue weighted by atomic mass is 9.97. The van der Waals surface area contributed by atoms with E-state index in [1.54, 1.807) is 16.7 Å². The predicted octanol–water partition coefficient (Wildman–Crippen LogP) is 4.10. The number of likely N-dealkylation sites (tertiary alicyclic amines) is 1. The molecule has 0 saturated carbocycles. The molecule has 0 aliphatic carbocycles. The molecule has 6 N–H and O–H groups in total. The fourth-order valence-corrected chi connectivity index (χ4v) is 6.49. The number of benzene rings is 1. The number of amidine groups is 2. The number of hydrogen-bond acceptors (Lipinski definition) is 8. The van der Waals surface area contributed by atoms with Gasteiger partial charge in [-0.15, -0.1) is 34.4 Å². The van der Waals surface area contributed by atoms with Crippen LogP contribution in [-0.2, 0) is 4.79 Å². The molecule has 2 aromatic heterocycles. The van der Waals surface area contributed by atoms with Gasteiger partial charge in [0.2, 0.25) is 0 Å². The van der Waals surface area contributed by atoms with Gasteiger partial charge in [-0.3, -0.25) is 15.6 Å². The van der Waals surface area contributed by atoms with Gasteiger partial charge in [-0.2, -0.15) is 0 Å². The Hall–Kier alpha value is -2.89. The van der Waals surface area contributed by atoms with E-state index in [1.165, 1.54) is 22.7 Å². The first-order valence-corrected chi connectivity index (χ1v) is 13.6. The second-order valence-electron chi connectivity index (χ2n) is 7.92. The lowest BCUT2D eigenvalue weighted by Gasteiger charge is -2.32. The summed E-state index contributed by atoms with van der Waals surface area (Å²) in [6, 6.07) is 9.46. The minimum absolute atomic E-state index is 0.0593. The summed E-state index contributed by atoms with van der Waals surface area (Å²) in [4.78, 5) is 19.9. The Morgan fingerprint density at radius 3 is 2.88 bits per heavy atom. The number of hydrogen-bond donors (Lipinski definition) is 4. The average Bonchev–Trinajstić information content (AvgIpc) is 3.50. The minimum Gasteiger partial charge on any atom is -0.484 e. The molecule has 0 radical (unpaired) electrons. The van der Waals surface area contributed by atoms with Gasteiger partial charge in [0.1, 0.15) is 16.6 Å². The topological polar surface area (TPSA) is 142 Å². The number of ether oxygens (including phenoxy) is 1. The van der Waals surface area contributed by atoms with Crippen LogP contribution < -0.4 is 16.2 Å². The number of nitrogen functional groups attached to an aromatic ring is 1. The number of aromatic nitrogens is 1. The highest BCUT2D eigenvalue weighted by Crippen LogP contribution is 2.40. The Balaban J connectivity index is 1.44. The molecule has 3 aromatic rings. The third-order valence-corrected chi connectivity index (χ3v) is 8.77. The van der Waals surface area contributed by atoms with Gasteiger partial charge in [-0.05, 0) is 37.3 Å². The fourth-order valence-electron chi connectivity index (χ4n) is 3.78. The van der Waals surface area contributed by atoms with Crippen molar-refractivity contribution in [1.29, 1.82) is 10.8 Å². The number of amides is 1. The van der Waals surface area contributed by atoms with Gasteiger partial charge < -0.3 is 21.1 Å². The van der Waals surface area contributed by atoms with Gasteiger partial charge in [0.15, 0.2) is 6.61 Å². The summed E-state index contributed by atoms with van der Waals surface area (Å²) in [5, 5.41) is 18.2. The quantitative estimate of drug-likeness (QED) is 0.203. The first-order chi connectivity index (χ1) is 16.4. The van der Waals surface area contributed by atoms with E-state index in [9.17, 15) is 4.79 Å². The standard InChI is InChI=1S/C23H26N6O2S3/c1-32-23-16(9-18(34-23)21(26)27)22-28-17(12-33-22)13-4-2-6-15(8-13)31-11-19(30)29-7-3-5-14(10-29)20(24)25/h2,4,6,8-9,12,14H,3,5,7,10-11H2,1H3,(H3,24,25)(H3,26,27). The maximum atomic E-state index is 12.6. The summed E-state index contributed by atoms with van der Waals surface area (Å²) < 4.78 is 6.87. The smallest absolute Gasteiger partial charge is 0.260 e. The van der Waals surface area contributed by atoms with Crippen molar-refractivity contribution in [1.82, 2.24) is 9.88 Å². The van der Waals surface area contributed by atoms with Crippen LogP contribution in [0.1, 0.15) is 17.7 Å². The number of nitrogens with one attached hydrogen (secondary N) is 2. The molecule has 4 rings (SSSR count). The molecule has 1 saturated heterocycles. The second-order valence-corrected chi connectivity index (χ2v) is 10.9. The molecular formula is C23H26N6O2S3. The summed E-state index contributed by atoms with van der Waals surface area (Å²) in [6.45, 7) is 1.08. The molecule has 1 aliphatic rings. The van der Waals surface area contributed by atoms with Crippen molar-refractivity contribution < 1.29 is 9.53 Å². The van der Waals surface area contributed by atoms with Crippen molar-refractivity contribution in [2.45, 2.75) is 17.1 Å². The highest BCUT2D eigenvalue weighted by Gasteiger charge is 2.25. The molecule has 1 unspecified atom stereocenters. The third-order valence-electron chi connectivity index (χ3n) is 5.59. The Morgan fingerprint density at radius 1 is 1.32 bits per heavy atom. The van der Waals surface area contributed by atoms with Crippen LogP contribution in [-0.4, -0.2) is 53.4 Å². The molecule has 1 aliphatic heterocycles. The number of nitrogens with zero attached hydrogens (tertiary/aromatic N) is 2. The third kappa shape index (κ3) is 5.43. The summed E-state index contributed by atoms with van der Waals surface area (Å²) in [7, 11) is 0. The number of piperidine rings is 1. The summed E-state index contributed by atoms with van der Waals surface area (Å²) >= 11 is 4.65. The molecule has 3 heterocycles. The van der Waals surface area contributed by atoms with Crippen LogP contribution in [0.25, 0.3) is 21.8 Å². The Morgan fingerprint density at radius 2 is 2.15 bits per heavy atom. The van der Waals surface area contributed by atoms with Crippen molar-refractivity contribution in [2.24, 2.45) is 17.4 Å². The maximum absolute atomic E-state index is 12.6. The van der Waals surface area contributed by atoms with Crippen LogP contribution in [0.3, 0.4) is 0 Å². The number of thioether (sulfide) groups is 1. The Kier molecular flexibility index (Phi) is 7.54.